The summed E-state index contributed by atoms with van der Waals surface area (Å²) in [5.74, 6) is 0. The van der Waals surface area contributed by atoms with E-state index in [0.29, 0.717) is 0 Å². The van der Waals surface area contributed by atoms with E-state index >= 15 is 0 Å². The third-order valence-electron chi connectivity index (χ3n) is 1.97. The molecule has 0 amide bonds. The lowest BCUT2D eigenvalue weighted by atomic mass is 10.1. The van der Waals surface area contributed by atoms with E-state index in [0.717, 1.165) is 24.6 Å². The van der Waals surface area contributed by atoms with Crippen molar-refractivity contribution in [2.24, 2.45) is 0 Å². The molecule has 0 unspecified atom stereocenters. The highest BCUT2D eigenvalue weighted by Crippen LogP contribution is 2.12. The number of halogens is 1. The van der Waals surface area contributed by atoms with Crippen molar-refractivity contribution in [3.8, 4) is 0 Å². The van der Waals surface area contributed by atoms with E-state index in [1.807, 2.05) is 26.8 Å². The Morgan fingerprint density at radius 2 is 2.13 bits per heavy atom. The van der Waals surface area contributed by atoms with Gasteiger partial charge in [0.05, 0.1) is 15.7 Å². The molecule has 0 rings (SSSR count). The van der Waals surface area contributed by atoms with Gasteiger partial charge in [-0.15, -0.1) is 6.58 Å². The van der Waals surface area contributed by atoms with E-state index in [9.17, 15) is 4.21 Å². The van der Waals surface area contributed by atoms with E-state index in [1.165, 1.54) is 0 Å². The average molecular weight is 296 g/mol. The predicted molar refractivity (Wildman–Crippen MR) is 72.7 cm³/mol. The highest BCUT2D eigenvalue weighted by atomic mass is 79.9. The lowest BCUT2D eigenvalue weighted by Gasteiger charge is -2.23. The van der Waals surface area contributed by atoms with Crippen LogP contribution >= 0.6 is 15.9 Å². The number of rotatable bonds is 7. The number of hydrogen-bond donors (Lipinski definition) is 1. The van der Waals surface area contributed by atoms with Crippen LogP contribution < -0.4 is 4.72 Å². The van der Waals surface area contributed by atoms with Crippen molar-refractivity contribution < 1.29 is 4.21 Å². The largest absolute Gasteiger partial charge is 0.242 e. The third-order valence-corrected chi connectivity index (χ3v) is 4.19. The molecule has 2 nitrogen and oxygen atoms in total. The molecule has 4 heteroatoms. The van der Waals surface area contributed by atoms with Gasteiger partial charge in [0.15, 0.2) is 0 Å². The molecule has 1 N–H and O–H groups in total. The topological polar surface area (TPSA) is 29.1 Å². The summed E-state index contributed by atoms with van der Waals surface area (Å²) in [5.41, 5.74) is 0. The van der Waals surface area contributed by atoms with Crippen molar-refractivity contribution in [2.75, 3.05) is 5.33 Å². The smallest absolute Gasteiger partial charge is 0.0972 e. The highest BCUT2D eigenvalue weighted by Gasteiger charge is 2.21. The fourth-order valence-electron chi connectivity index (χ4n) is 1.08. The van der Waals surface area contributed by atoms with Gasteiger partial charge in [0, 0.05) is 11.4 Å². The number of nitrogens with one attached hydrogen (secondary N) is 1. The Kier molecular flexibility index (Phi) is 7.75. The molecule has 0 aliphatic heterocycles. The Labute approximate surface area is 105 Å². The summed E-state index contributed by atoms with van der Waals surface area (Å²) in [4.78, 5) is 0. The Bertz CT molecular complexity index is 213. The molecule has 0 saturated heterocycles. The van der Waals surface area contributed by atoms with Crippen LogP contribution in [-0.2, 0) is 11.0 Å². The van der Waals surface area contributed by atoms with Crippen molar-refractivity contribution in [3.05, 3.63) is 12.7 Å². The van der Waals surface area contributed by atoms with Crippen LogP contribution in [0.4, 0.5) is 0 Å². The van der Waals surface area contributed by atoms with Crippen molar-refractivity contribution in [3.63, 3.8) is 0 Å². The minimum absolute atomic E-state index is 0.201. The summed E-state index contributed by atoms with van der Waals surface area (Å²) >= 11 is 3.41. The van der Waals surface area contributed by atoms with Gasteiger partial charge in [-0.05, 0) is 40.0 Å². The van der Waals surface area contributed by atoms with Gasteiger partial charge >= 0.3 is 0 Å². The van der Waals surface area contributed by atoms with Crippen LogP contribution in [0.15, 0.2) is 12.7 Å². The van der Waals surface area contributed by atoms with E-state index in [2.05, 4.69) is 27.2 Å². The van der Waals surface area contributed by atoms with E-state index in [-0.39, 0.29) is 10.8 Å². The molecule has 2 atom stereocenters. The first-order valence-corrected chi connectivity index (χ1v) is 7.54. The maximum atomic E-state index is 11.9. The summed E-state index contributed by atoms with van der Waals surface area (Å²) in [6, 6.07) is 0.278. The van der Waals surface area contributed by atoms with Crippen molar-refractivity contribution in [1.82, 2.24) is 4.72 Å². The molecule has 0 fully saturated rings. The Morgan fingerprint density at radius 3 is 2.53 bits per heavy atom. The van der Waals surface area contributed by atoms with E-state index < -0.39 is 11.0 Å². The van der Waals surface area contributed by atoms with Gasteiger partial charge in [-0.25, -0.2) is 8.93 Å². The molecule has 0 aromatic heterocycles. The first kappa shape index (κ1) is 15.3. The lowest BCUT2D eigenvalue weighted by molar-refractivity contribution is 0.551. The Hall–Kier alpha value is 0.330. The summed E-state index contributed by atoms with van der Waals surface area (Å²) in [7, 11) is -0.985. The lowest BCUT2D eigenvalue weighted by Crippen LogP contribution is -2.39. The van der Waals surface area contributed by atoms with Gasteiger partial charge in [-0.2, -0.15) is 0 Å². The zero-order chi connectivity index (χ0) is 11.9. The molecule has 0 aliphatic carbocycles. The number of hydrogen-bond acceptors (Lipinski definition) is 1. The summed E-state index contributed by atoms with van der Waals surface area (Å²) in [6.07, 6.45) is 4.87. The van der Waals surface area contributed by atoms with E-state index in [1.54, 1.807) is 0 Å². The summed E-state index contributed by atoms with van der Waals surface area (Å²) < 4.78 is 14.8. The molecule has 90 valence electrons. The van der Waals surface area contributed by atoms with Crippen molar-refractivity contribution >= 4 is 26.9 Å². The van der Waals surface area contributed by atoms with Gasteiger partial charge in [-0.1, -0.05) is 22.0 Å². The predicted octanol–water partition coefficient (Wildman–Crippen LogP) is 3.16. The molecule has 0 saturated carbocycles. The molecule has 0 spiro atoms. The first-order chi connectivity index (χ1) is 6.91. The van der Waals surface area contributed by atoms with Crippen molar-refractivity contribution in [2.45, 2.75) is 50.8 Å². The molecule has 0 aliphatic rings. The van der Waals surface area contributed by atoms with E-state index in [4.69, 9.17) is 0 Å². The van der Waals surface area contributed by atoms with Gasteiger partial charge in [0.25, 0.3) is 0 Å². The van der Waals surface area contributed by atoms with Crippen LogP contribution in [0, 0.1) is 0 Å². The van der Waals surface area contributed by atoms with Crippen LogP contribution in [0.2, 0.25) is 0 Å². The fraction of sp³-hybridized carbons (Fsp3) is 0.818. The molecule has 0 radical (unpaired) electrons. The normalized spacial score (nSPS) is 16.0. The second-order valence-corrected chi connectivity index (χ2v) is 7.34. The second-order valence-electron chi connectivity index (χ2n) is 4.55. The fourth-order valence-corrected chi connectivity index (χ4v) is 2.27. The maximum absolute atomic E-state index is 11.9. The third kappa shape index (κ3) is 7.25. The molecular formula is C11H22BrNOS. The van der Waals surface area contributed by atoms with Gasteiger partial charge in [-0.3, -0.25) is 0 Å². The van der Waals surface area contributed by atoms with Gasteiger partial charge in [0.1, 0.15) is 0 Å². The number of alkyl halides is 1. The standard InChI is InChI=1S/C11H22BrNOS/c1-5-7-10(8-6-9-12)13-15(14)11(2,3)4/h5,10,13H,1,6-9H2,2-4H3/t10-,15-/m0/s1. The zero-order valence-electron chi connectivity index (χ0n) is 9.88. The van der Waals surface area contributed by atoms with Crippen LogP contribution in [-0.4, -0.2) is 20.3 Å². The van der Waals surface area contributed by atoms with Crippen LogP contribution in [0.1, 0.15) is 40.0 Å². The second kappa shape index (κ2) is 7.58. The monoisotopic (exact) mass is 295 g/mol. The molecule has 0 aromatic carbocycles. The highest BCUT2D eigenvalue weighted by molar-refractivity contribution is 9.09. The molecule has 0 heterocycles. The molecule has 0 aromatic rings. The van der Waals surface area contributed by atoms with Crippen molar-refractivity contribution in [1.29, 1.82) is 0 Å². The van der Waals surface area contributed by atoms with Gasteiger partial charge < -0.3 is 0 Å². The van der Waals surface area contributed by atoms with Crippen LogP contribution in [0.5, 0.6) is 0 Å². The SMILES string of the molecule is C=CC[C@@H](CCCBr)N[S@@](=O)C(C)(C)C. The Morgan fingerprint density at radius 1 is 1.53 bits per heavy atom. The Balaban J connectivity index is 4.15. The minimum atomic E-state index is -0.985. The first-order valence-electron chi connectivity index (χ1n) is 5.26. The minimum Gasteiger partial charge on any atom is -0.242 e. The summed E-state index contributed by atoms with van der Waals surface area (Å²) in [5, 5.41) is 0.991. The van der Waals surface area contributed by atoms with Crippen LogP contribution in [0.25, 0.3) is 0 Å². The quantitative estimate of drug-likeness (QED) is 0.567. The van der Waals surface area contributed by atoms with Crippen LogP contribution in [0.3, 0.4) is 0 Å². The van der Waals surface area contributed by atoms with Gasteiger partial charge in [0.2, 0.25) is 0 Å². The molecule has 0 bridgehead atoms. The maximum Gasteiger partial charge on any atom is 0.0972 e. The summed E-state index contributed by atoms with van der Waals surface area (Å²) in [6.45, 7) is 9.66. The average Bonchev–Trinajstić information content (AvgIpc) is 2.13. The molecule has 15 heavy (non-hydrogen) atoms. The zero-order valence-corrected chi connectivity index (χ0v) is 12.3. The molecular weight excluding hydrogens is 274 g/mol.